The van der Waals surface area contributed by atoms with Crippen LogP contribution in [0.25, 0.3) is 0 Å². The zero-order valence-electron chi connectivity index (χ0n) is 14.5. The molecule has 2 rings (SSSR count). The molecule has 2 aromatic carbocycles. The highest BCUT2D eigenvalue weighted by atomic mass is 35.5. The number of benzene rings is 2. The van der Waals surface area contributed by atoms with Crippen molar-refractivity contribution in [1.82, 2.24) is 5.43 Å². The third-order valence-corrected chi connectivity index (χ3v) is 3.74. The maximum Gasteiger partial charge on any atom is 0.312 e. The SMILES string of the molecule is COc1ccc(N[C@@H](C)C(=O)N/N=C\c2cc(Cl)cc([N+](=O)[O-])c2O)cc1. The van der Waals surface area contributed by atoms with E-state index in [2.05, 4.69) is 15.8 Å². The third-order valence-electron chi connectivity index (χ3n) is 3.53. The Bertz CT molecular complexity index is 870. The summed E-state index contributed by atoms with van der Waals surface area (Å²) in [7, 11) is 1.56. The molecule has 9 nitrogen and oxygen atoms in total. The first-order valence-corrected chi connectivity index (χ1v) is 8.10. The molecule has 0 spiro atoms. The summed E-state index contributed by atoms with van der Waals surface area (Å²) in [5.74, 6) is -0.345. The van der Waals surface area contributed by atoms with Crippen molar-refractivity contribution in [3.05, 3.63) is 57.1 Å². The van der Waals surface area contributed by atoms with Crippen LogP contribution in [0.4, 0.5) is 11.4 Å². The van der Waals surface area contributed by atoms with Crippen LogP contribution in [0.3, 0.4) is 0 Å². The number of aromatic hydroxyl groups is 1. The molecule has 3 N–H and O–H groups in total. The van der Waals surface area contributed by atoms with Gasteiger partial charge in [-0.05, 0) is 37.3 Å². The molecule has 0 saturated carbocycles. The Kier molecular flexibility index (Phi) is 6.56. The molecular weight excluding hydrogens is 376 g/mol. The lowest BCUT2D eigenvalue weighted by atomic mass is 10.2. The molecule has 0 bridgehead atoms. The quantitative estimate of drug-likeness (QED) is 0.378. The van der Waals surface area contributed by atoms with Crippen LogP contribution in [0.15, 0.2) is 41.5 Å². The van der Waals surface area contributed by atoms with Gasteiger partial charge < -0.3 is 15.2 Å². The highest BCUT2D eigenvalue weighted by Crippen LogP contribution is 2.32. The van der Waals surface area contributed by atoms with Crippen molar-refractivity contribution in [3.8, 4) is 11.5 Å². The lowest BCUT2D eigenvalue weighted by Gasteiger charge is -2.13. The first kappa shape index (κ1) is 20.0. The Labute approximate surface area is 159 Å². The maximum atomic E-state index is 12.1. The molecule has 0 aliphatic carbocycles. The number of nitro benzene ring substituents is 1. The maximum absolute atomic E-state index is 12.1. The molecule has 0 saturated heterocycles. The molecule has 0 radical (unpaired) electrons. The number of anilines is 1. The van der Waals surface area contributed by atoms with Gasteiger partial charge in [0.25, 0.3) is 5.91 Å². The molecule has 2 aromatic rings. The van der Waals surface area contributed by atoms with E-state index in [1.54, 1.807) is 38.3 Å². The highest BCUT2D eigenvalue weighted by molar-refractivity contribution is 6.31. The van der Waals surface area contributed by atoms with E-state index in [9.17, 15) is 20.0 Å². The average Bonchev–Trinajstić information content (AvgIpc) is 2.64. The molecule has 0 heterocycles. The van der Waals surface area contributed by atoms with Gasteiger partial charge in [-0.2, -0.15) is 5.10 Å². The smallest absolute Gasteiger partial charge is 0.312 e. The normalized spacial score (nSPS) is 11.8. The van der Waals surface area contributed by atoms with Gasteiger partial charge in [0.05, 0.1) is 18.2 Å². The predicted molar refractivity (Wildman–Crippen MR) is 102 cm³/mol. The molecule has 142 valence electrons. The minimum atomic E-state index is -0.766. The van der Waals surface area contributed by atoms with Crippen molar-refractivity contribution >= 4 is 35.1 Å². The second kappa shape index (κ2) is 8.86. The van der Waals surface area contributed by atoms with Gasteiger partial charge in [-0.3, -0.25) is 14.9 Å². The number of phenols is 1. The molecule has 0 aliphatic rings. The Morgan fingerprint density at radius 3 is 2.63 bits per heavy atom. The number of hydrogen-bond donors (Lipinski definition) is 3. The Balaban J connectivity index is 2.00. The summed E-state index contributed by atoms with van der Waals surface area (Å²) in [6, 6.07) is 8.72. The Morgan fingerprint density at radius 1 is 1.37 bits per heavy atom. The van der Waals surface area contributed by atoms with Gasteiger partial charge in [0.1, 0.15) is 11.8 Å². The van der Waals surface area contributed by atoms with Crippen LogP contribution in [-0.4, -0.2) is 35.3 Å². The van der Waals surface area contributed by atoms with Crippen LogP contribution in [0.1, 0.15) is 12.5 Å². The summed E-state index contributed by atoms with van der Waals surface area (Å²) in [6.07, 6.45) is 1.08. The number of carbonyl (C=O) groups excluding carboxylic acids is 1. The number of phenolic OH excluding ortho intramolecular Hbond substituents is 1. The summed E-state index contributed by atoms with van der Waals surface area (Å²) in [5, 5.41) is 27.5. The van der Waals surface area contributed by atoms with E-state index in [0.29, 0.717) is 11.4 Å². The molecule has 10 heteroatoms. The van der Waals surface area contributed by atoms with Crippen LogP contribution >= 0.6 is 11.6 Å². The number of carbonyl (C=O) groups is 1. The lowest BCUT2D eigenvalue weighted by Crippen LogP contribution is -2.34. The second-order valence-corrected chi connectivity index (χ2v) is 5.89. The van der Waals surface area contributed by atoms with E-state index in [-0.39, 0.29) is 10.6 Å². The first-order chi connectivity index (χ1) is 12.8. The minimum absolute atomic E-state index is 0.00488. The summed E-state index contributed by atoms with van der Waals surface area (Å²) < 4.78 is 5.06. The van der Waals surface area contributed by atoms with Crippen molar-refractivity contribution in [3.63, 3.8) is 0 Å². The van der Waals surface area contributed by atoms with E-state index >= 15 is 0 Å². The zero-order valence-corrected chi connectivity index (χ0v) is 15.2. The zero-order chi connectivity index (χ0) is 20.0. The fourth-order valence-electron chi connectivity index (χ4n) is 2.11. The summed E-state index contributed by atoms with van der Waals surface area (Å²) in [5.41, 5.74) is 2.46. The van der Waals surface area contributed by atoms with E-state index in [1.165, 1.54) is 6.07 Å². The molecule has 0 fully saturated rings. The number of ether oxygens (including phenoxy) is 1. The number of rotatable bonds is 7. The highest BCUT2D eigenvalue weighted by Gasteiger charge is 2.18. The summed E-state index contributed by atoms with van der Waals surface area (Å²) >= 11 is 5.79. The number of amides is 1. The van der Waals surface area contributed by atoms with Crippen molar-refractivity contribution in [2.45, 2.75) is 13.0 Å². The van der Waals surface area contributed by atoms with Crippen molar-refractivity contribution < 1.29 is 19.6 Å². The first-order valence-electron chi connectivity index (χ1n) is 7.72. The number of halogens is 1. The predicted octanol–water partition coefficient (Wildman–Crippen LogP) is 2.91. The van der Waals surface area contributed by atoms with E-state index < -0.39 is 28.3 Å². The van der Waals surface area contributed by atoms with Crippen LogP contribution in [0.5, 0.6) is 11.5 Å². The van der Waals surface area contributed by atoms with Crippen LogP contribution in [0, 0.1) is 10.1 Å². The fraction of sp³-hybridized carbons (Fsp3) is 0.176. The summed E-state index contributed by atoms with van der Waals surface area (Å²) in [6.45, 7) is 1.64. The lowest BCUT2D eigenvalue weighted by molar-refractivity contribution is -0.385. The van der Waals surface area contributed by atoms with Gasteiger partial charge in [0.2, 0.25) is 5.75 Å². The van der Waals surface area contributed by atoms with Crippen molar-refractivity contribution in [2.75, 3.05) is 12.4 Å². The Hall–Kier alpha value is -3.33. The third kappa shape index (κ3) is 5.32. The van der Waals surface area contributed by atoms with E-state index in [0.717, 1.165) is 12.3 Å². The Morgan fingerprint density at radius 2 is 2.04 bits per heavy atom. The molecule has 1 atom stereocenters. The molecule has 0 unspecified atom stereocenters. The van der Waals surface area contributed by atoms with E-state index in [1.807, 2.05) is 0 Å². The van der Waals surface area contributed by atoms with E-state index in [4.69, 9.17) is 16.3 Å². The molecule has 1 amide bonds. The fourth-order valence-corrected chi connectivity index (χ4v) is 2.33. The molecule has 0 aliphatic heterocycles. The molecular formula is C17H17ClN4O5. The monoisotopic (exact) mass is 392 g/mol. The van der Waals surface area contributed by atoms with Gasteiger partial charge in [-0.15, -0.1) is 0 Å². The van der Waals surface area contributed by atoms with Gasteiger partial charge in [-0.25, -0.2) is 5.43 Å². The van der Waals surface area contributed by atoms with Crippen molar-refractivity contribution in [2.24, 2.45) is 5.10 Å². The van der Waals surface area contributed by atoms with Crippen molar-refractivity contribution in [1.29, 1.82) is 0 Å². The average molecular weight is 393 g/mol. The van der Waals surface area contributed by atoms with Gasteiger partial charge in [0.15, 0.2) is 0 Å². The number of nitrogens with zero attached hydrogens (tertiary/aromatic N) is 2. The standard InChI is InChI=1S/C17H17ClN4O5/c1-10(20-13-3-5-14(27-2)6-4-13)17(24)21-19-9-11-7-12(18)8-15(16(11)23)22(25)26/h3-10,20,23H,1-2H3,(H,21,24)/b19-9-/t10-/m0/s1. The van der Waals surface area contributed by atoms with Crippen LogP contribution in [-0.2, 0) is 4.79 Å². The molecule has 27 heavy (non-hydrogen) atoms. The topological polar surface area (TPSA) is 126 Å². The van der Waals surface area contributed by atoms with Crippen LogP contribution < -0.4 is 15.5 Å². The van der Waals surface area contributed by atoms with Gasteiger partial charge in [-0.1, -0.05) is 11.6 Å². The largest absolute Gasteiger partial charge is 0.502 e. The number of nitro groups is 1. The minimum Gasteiger partial charge on any atom is -0.502 e. The second-order valence-electron chi connectivity index (χ2n) is 5.45. The number of hydrazone groups is 1. The van der Waals surface area contributed by atoms with Crippen LogP contribution in [0.2, 0.25) is 5.02 Å². The van der Waals surface area contributed by atoms with Gasteiger partial charge in [0, 0.05) is 22.3 Å². The molecule has 0 aromatic heterocycles. The number of nitrogens with one attached hydrogen (secondary N) is 2. The van der Waals surface area contributed by atoms with Gasteiger partial charge >= 0.3 is 5.69 Å². The number of hydrogen-bond acceptors (Lipinski definition) is 7. The number of methoxy groups -OCH3 is 1. The summed E-state index contributed by atoms with van der Waals surface area (Å²) in [4.78, 5) is 22.2.